The number of hydrogen-bond acceptors (Lipinski definition) is 3. The zero-order chi connectivity index (χ0) is 13.1. The molecule has 1 aromatic carbocycles. The molecule has 0 aliphatic carbocycles. The summed E-state index contributed by atoms with van der Waals surface area (Å²) in [5.41, 5.74) is 6.48. The number of aryl methyl sites for hydroxylation is 2. The average molecular weight is 236 g/mol. The molecule has 1 aromatic rings. The number of ether oxygens (including phenoxy) is 1. The molecule has 0 fully saturated rings. The van der Waals surface area contributed by atoms with Gasteiger partial charge >= 0.3 is 0 Å². The molecule has 0 saturated carbocycles. The molecule has 0 amide bonds. The molecule has 0 spiro atoms. The highest BCUT2D eigenvalue weighted by Gasteiger charge is 2.28. The lowest BCUT2D eigenvalue weighted by molar-refractivity contribution is -0.0101. The average Bonchev–Trinajstić information content (AvgIpc) is 2.30. The molecule has 3 N–H and O–H groups in total. The summed E-state index contributed by atoms with van der Waals surface area (Å²) in [6.45, 7) is 8.33. The van der Waals surface area contributed by atoms with Gasteiger partial charge in [0.15, 0.2) is 0 Å². The van der Waals surface area contributed by atoms with E-state index >= 15 is 0 Å². The van der Waals surface area contributed by atoms with Crippen molar-refractivity contribution in [2.45, 2.75) is 45.8 Å². The number of nitrogens with two attached hydrogens (primary N) is 1. The van der Waals surface area contributed by atoms with Gasteiger partial charge in [-0.1, -0.05) is 18.2 Å². The third-order valence-electron chi connectivity index (χ3n) is 3.58. The Morgan fingerprint density at radius 1 is 1.29 bits per heavy atom. The molecular weight excluding hydrogens is 212 g/mol. The minimum atomic E-state index is -0.284. The summed E-state index contributed by atoms with van der Waals surface area (Å²) in [6, 6.07) is 6.61. The highest BCUT2D eigenvalue weighted by molar-refractivity contribution is 5.30. The molecule has 0 saturated heterocycles. The van der Waals surface area contributed by atoms with Crippen LogP contribution in [-0.4, -0.2) is 18.8 Å². The molecule has 96 valence electrons. The molecular formula is C14H24N2O. The van der Waals surface area contributed by atoms with Crippen molar-refractivity contribution in [2.24, 2.45) is 5.84 Å². The Kier molecular flexibility index (Phi) is 4.69. The minimum Gasteiger partial charge on any atom is -0.377 e. The molecule has 1 atom stereocenters. The summed E-state index contributed by atoms with van der Waals surface area (Å²) < 4.78 is 5.47. The van der Waals surface area contributed by atoms with E-state index in [1.54, 1.807) is 7.11 Å². The zero-order valence-corrected chi connectivity index (χ0v) is 11.5. The van der Waals surface area contributed by atoms with Crippen molar-refractivity contribution in [3.8, 4) is 0 Å². The lowest BCUT2D eigenvalue weighted by Gasteiger charge is -2.32. The second-order valence-electron chi connectivity index (χ2n) is 5.15. The maximum absolute atomic E-state index is 5.62. The first-order valence-electron chi connectivity index (χ1n) is 5.98. The van der Waals surface area contributed by atoms with Gasteiger partial charge in [-0.2, -0.15) is 0 Å². The molecule has 0 heterocycles. The molecule has 1 rings (SSSR count). The SMILES string of the molecule is COC(C)(C)C(Cc1ccc(C)c(C)c1)NN. The van der Waals surface area contributed by atoms with Crippen molar-refractivity contribution in [1.29, 1.82) is 0 Å². The second-order valence-corrected chi connectivity index (χ2v) is 5.15. The van der Waals surface area contributed by atoms with Gasteiger partial charge in [0.05, 0.1) is 11.6 Å². The molecule has 0 radical (unpaired) electrons. The van der Waals surface area contributed by atoms with Crippen LogP contribution >= 0.6 is 0 Å². The van der Waals surface area contributed by atoms with E-state index in [1.165, 1.54) is 16.7 Å². The minimum absolute atomic E-state index is 0.0922. The summed E-state index contributed by atoms with van der Waals surface area (Å²) in [6.07, 6.45) is 0.860. The molecule has 0 aliphatic rings. The summed E-state index contributed by atoms with van der Waals surface area (Å²) >= 11 is 0. The van der Waals surface area contributed by atoms with Crippen molar-refractivity contribution < 1.29 is 4.74 Å². The highest BCUT2D eigenvalue weighted by Crippen LogP contribution is 2.19. The normalized spacial score (nSPS) is 13.8. The predicted molar refractivity (Wildman–Crippen MR) is 71.8 cm³/mol. The molecule has 17 heavy (non-hydrogen) atoms. The zero-order valence-electron chi connectivity index (χ0n) is 11.5. The van der Waals surface area contributed by atoms with Gasteiger partial charge in [0.2, 0.25) is 0 Å². The van der Waals surface area contributed by atoms with Crippen LogP contribution in [0.2, 0.25) is 0 Å². The fourth-order valence-corrected chi connectivity index (χ4v) is 1.81. The summed E-state index contributed by atoms with van der Waals surface area (Å²) in [4.78, 5) is 0. The van der Waals surface area contributed by atoms with Gasteiger partial charge in [0, 0.05) is 7.11 Å². The number of hydrogen-bond donors (Lipinski definition) is 2. The van der Waals surface area contributed by atoms with Crippen LogP contribution in [0.4, 0.5) is 0 Å². The first kappa shape index (κ1) is 14.2. The van der Waals surface area contributed by atoms with Crippen LogP contribution in [0.3, 0.4) is 0 Å². The summed E-state index contributed by atoms with van der Waals surface area (Å²) in [7, 11) is 1.71. The van der Waals surface area contributed by atoms with E-state index in [0.29, 0.717) is 0 Å². The van der Waals surface area contributed by atoms with E-state index < -0.39 is 0 Å². The van der Waals surface area contributed by atoms with Gasteiger partial charge in [-0.25, -0.2) is 0 Å². The molecule has 1 unspecified atom stereocenters. The van der Waals surface area contributed by atoms with Crippen LogP contribution < -0.4 is 11.3 Å². The van der Waals surface area contributed by atoms with E-state index in [-0.39, 0.29) is 11.6 Å². The quantitative estimate of drug-likeness (QED) is 0.608. The standard InChI is InChI=1S/C14H24N2O/c1-10-6-7-12(8-11(10)2)9-13(16-15)14(3,4)17-5/h6-8,13,16H,9,15H2,1-5H3. The number of methoxy groups -OCH3 is 1. The van der Waals surface area contributed by atoms with Gasteiger partial charge in [-0.3, -0.25) is 11.3 Å². The van der Waals surface area contributed by atoms with E-state index in [0.717, 1.165) is 6.42 Å². The molecule has 3 heteroatoms. The number of benzene rings is 1. The van der Waals surface area contributed by atoms with Crippen LogP contribution in [0, 0.1) is 13.8 Å². The summed E-state index contributed by atoms with van der Waals surface area (Å²) in [5, 5.41) is 0. The van der Waals surface area contributed by atoms with Crippen molar-refractivity contribution in [1.82, 2.24) is 5.43 Å². The molecule has 0 bridgehead atoms. The van der Waals surface area contributed by atoms with Crippen LogP contribution in [0.25, 0.3) is 0 Å². The Labute approximate surface area is 104 Å². The number of nitrogens with one attached hydrogen (secondary N) is 1. The number of hydrazine groups is 1. The van der Waals surface area contributed by atoms with Crippen molar-refractivity contribution >= 4 is 0 Å². The van der Waals surface area contributed by atoms with E-state index in [1.807, 2.05) is 13.8 Å². The Balaban J connectivity index is 2.84. The topological polar surface area (TPSA) is 47.3 Å². The maximum Gasteiger partial charge on any atom is 0.0791 e. The lowest BCUT2D eigenvalue weighted by Crippen LogP contribution is -2.52. The molecule has 0 aromatic heterocycles. The van der Waals surface area contributed by atoms with Crippen LogP contribution in [0.1, 0.15) is 30.5 Å². The first-order valence-corrected chi connectivity index (χ1v) is 5.98. The monoisotopic (exact) mass is 236 g/mol. The van der Waals surface area contributed by atoms with E-state index in [2.05, 4.69) is 37.5 Å². The van der Waals surface area contributed by atoms with Crippen LogP contribution in [-0.2, 0) is 11.2 Å². The largest absolute Gasteiger partial charge is 0.377 e. The van der Waals surface area contributed by atoms with Gasteiger partial charge in [-0.15, -0.1) is 0 Å². The third kappa shape index (κ3) is 3.53. The van der Waals surface area contributed by atoms with E-state index in [4.69, 9.17) is 10.6 Å². The molecule has 3 nitrogen and oxygen atoms in total. The predicted octanol–water partition coefficient (Wildman–Crippen LogP) is 2.10. The van der Waals surface area contributed by atoms with Gasteiger partial charge in [0.25, 0.3) is 0 Å². The first-order chi connectivity index (χ1) is 7.90. The van der Waals surface area contributed by atoms with Gasteiger partial charge < -0.3 is 4.74 Å². The Morgan fingerprint density at radius 2 is 1.94 bits per heavy atom. The van der Waals surface area contributed by atoms with Crippen molar-refractivity contribution in [3.63, 3.8) is 0 Å². The highest BCUT2D eigenvalue weighted by atomic mass is 16.5. The van der Waals surface area contributed by atoms with Gasteiger partial charge in [0.1, 0.15) is 0 Å². The molecule has 0 aliphatic heterocycles. The maximum atomic E-state index is 5.62. The fraction of sp³-hybridized carbons (Fsp3) is 0.571. The van der Waals surface area contributed by atoms with Crippen LogP contribution in [0.5, 0.6) is 0 Å². The second kappa shape index (κ2) is 5.63. The van der Waals surface area contributed by atoms with Crippen molar-refractivity contribution in [2.75, 3.05) is 7.11 Å². The van der Waals surface area contributed by atoms with Crippen molar-refractivity contribution in [3.05, 3.63) is 34.9 Å². The lowest BCUT2D eigenvalue weighted by atomic mass is 9.91. The Morgan fingerprint density at radius 3 is 2.41 bits per heavy atom. The number of rotatable bonds is 5. The van der Waals surface area contributed by atoms with E-state index in [9.17, 15) is 0 Å². The van der Waals surface area contributed by atoms with Gasteiger partial charge in [-0.05, 0) is 50.8 Å². The smallest absolute Gasteiger partial charge is 0.0791 e. The summed E-state index contributed by atoms with van der Waals surface area (Å²) in [5.74, 6) is 5.62. The fourth-order valence-electron chi connectivity index (χ4n) is 1.81. The third-order valence-corrected chi connectivity index (χ3v) is 3.58. The Bertz CT molecular complexity index is 374. The van der Waals surface area contributed by atoms with Crippen LogP contribution in [0.15, 0.2) is 18.2 Å². The Hall–Kier alpha value is -0.900.